The zero-order valence-electron chi connectivity index (χ0n) is 14.3. The maximum atomic E-state index is 11.8. The number of hydrogen-bond acceptors (Lipinski definition) is 4. The van der Waals surface area contributed by atoms with Crippen molar-refractivity contribution in [3.8, 4) is 0 Å². The topological polar surface area (TPSA) is 64.6 Å². The SMILES string of the molecule is CCCCC(=O)OCC(NC(=O)OC(C)(C)C)C(C)CC. The molecule has 1 amide bonds. The number of carbonyl (C=O) groups is 2. The van der Waals surface area contributed by atoms with Crippen LogP contribution in [0.15, 0.2) is 0 Å². The maximum Gasteiger partial charge on any atom is 0.408 e. The predicted molar refractivity (Wildman–Crippen MR) is 83.1 cm³/mol. The van der Waals surface area contributed by atoms with Crippen LogP contribution in [-0.2, 0) is 14.3 Å². The molecule has 5 nitrogen and oxygen atoms in total. The van der Waals surface area contributed by atoms with E-state index >= 15 is 0 Å². The quantitative estimate of drug-likeness (QED) is 0.695. The number of ether oxygens (including phenoxy) is 2. The van der Waals surface area contributed by atoms with Gasteiger partial charge in [0.05, 0.1) is 6.04 Å². The van der Waals surface area contributed by atoms with Crippen molar-refractivity contribution in [1.29, 1.82) is 0 Å². The Kier molecular flexibility index (Phi) is 9.06. The van der Waals surface area contributed by atoms with Crippen molar-refractivity contribution in [3.05, 3.63) is 0 Å². The Labute approximate surface area is 128 Å². The molecule has 0 aliphatic rings. The Bertz CT molecular complexity index is 323. The first kappa shape index (κ1) is 19.7. The molecular weight excluding hydrogens is 270 g/mol. The summed E-state index contributed by atoms with van der Waals surface area (Å²) in [6.07, 6.45) is 2.62. The highest BCUT2D eigenvalue weighted by atomic mass is 16.6. The summed E-state index contributed by atoms with van der Waals surface area (Å²) in [5, 5.41) is 2.80. The summed E-state index contributed by atoms with van der Waals surface area (Å²) in [6, 6.07) is -0.226. The van der Waals surface area contributed by atoms with Crippen molar-refractivity contribution in [2.75, 3.05) is 6.61 Å². The zero-order valence-corrected chi connectivity index (χ0v) is 14.3. The van der Waals surface area contributed by atoms with Gasteiger partial charge in [-0.15, -0.1) is 0 Å². The number of nitrogens with one attached hydrogen (secondary N) is 1. The van der Waals surface area contributed by atoms with Crippen LogP contribution >= 0.6 is 0 Å². The Balaban J connectivity index is 4.39. The third-order valence-corrected chi connectivity index (χ3v) is 3.19. The van der Waals surface area contributed by atoms with Gasteiger partial charge in [0.2, 0.25) is 0 Å². The molecule has 0 bridgehead atoms. The van der Waals surface area contributed by atoms with Crippen molar-refractivity contribution >= 4 is 12.1 Å². The highest BCUT2D eigenvalue weighted by Gasteiger charge is 2.23. The van der Waals surface area contributed by atoms with Gasteiger partial charge in [0.25, 0.3) is 0 Å². The molecule has 0 heterocycles. The second-order valence-corrected chi connectivity index (χ2v) is 6.42. The number of rotatable bonds is 8. The van der Waals surface area contributed by atoms with Gasteiger partial charge < -0.3 is 14.8 Å². The van der Waals surface area contributed by atoms with Crippen molar-refractivity contribution < 1.29 is 19.1 Å². The molecule has 0 aromatic carbocycles. The smallest absolute Gasteiger partial charge is 0.408 e. The van der Waals surface area contributed by atoms with E-state index in [9.17, 15) is 9.59 Å². The summed E-state index contributed by atoms with van der Waals surface area (Å²) in [7, 11) is 0. The molecule has 21 heavy (non-hydrogen) atoms. The summed E-state index contributed by atoms with van der Waals surface area (Å²) in [5.41, 5.74) is -0.540. The van der Waals surface area contributed by atoms with Crippen LogP contribution in [0.1, 0.15) is 67.2 Å². The van der Waals surface area contributed by atoms with Gasteiger partial charge in [-0.25, -0.2) is 4.79 Å². The lowest BCUT2D eigenvalue weighted by atomic mass is 10.00. The average Bonchev–Trinajstić information content (AvgIpc) is 2.37. The number of esters is 1. The van der Waals surface area contributed by atoms with Crippen LogP contribution in [0.2, 0.25) is 0 Å². The zero-order chi connectivity index (χ0) is 16.5. The Hall–Kier alpha value is -1.26. The van der Waals surface area contributed by atoms with Crippen molar-refractivity contribution in [3.63, 3.8) is 0 Å². The number of alkyl carbamates (subject to hydrolysis) is 1. The number of hydrogen-bond donors (Lipinski definition) is 1. The normalized spacial score (nSPS) is 14.2. The van der Waals surface area contributed by atoms with Crippen LogP contribution in [0.5, 0.6) is 0 Å². The number of carbonyl (C=O) groups excluding carboxylic acids is 2. The third kappa shape index (κ3) is 10.2. The van der Waals surface area contributed by atoms with Crippen molar-refractivity contribution in [2.45, 2.75) is 78.9 Å². The Morgan fingerprint density at radius 1 is 1.19 bits per heavy atom. The highest BCUT2D eigenvalue weighted by Crippen LogP contribution is 2.12. The Morgan fingerprint density at radius 2 is 1.81 bits per heavy atom. The lowest BCUT2D eigenvalue weighted by molar-refractivity contribution is -0.144. The lowest BCUT2D eigenvalue weighted by Gasteiger charge is -2.26. The molecule has 0 saturated heterocycles. The molecule has 0 fully saturated rings. The monoisotopic (exact) mass is 301 g/mol. The summed E-state index contributed by atoms with van der Waals surface area (Å²) in [6.45, 7) is 11.7. The highest BCUT2D eigenvalue weighted by molar-refractivity contribution is 5.70. The van der Waals surface area contributed by atoms with Crippen LogP contribution < -0.4 is 5.32 Å². The minimum Gasteiger partial charge on any atom is -0.463 e. The van der Waals surface area contributed by atoms with Crippen LogP contribution in [0, 0.1) is 5.92 Å². The van der Waals surface area contributed by atoms with Gasteiger partial charge in [-0.3, -0.25) is 4.79 Å². The van der Waals surface area contributed by atoms with Gasteiger partial charge in [-0.2, -0.15) is 0 Å². The molecule has 0 aliphatic heterocycles. The van der Waals surface area contributed by atoms with Crippen LogP contribution in [0.25, 0.3) is 0 Å². The van der Waals surface area contributed by atoms with Crippen molar-refractivity contribution in [1.82, 2.24) is 5.32 Å². The third-order valence-electron chi connectivity index (χ3n) is 3.19. The first-order chi connectivity index (χ1) is 9.69. The second kappa shape index (κ2) is 9.64. The fraction of sp³-hybridized carbons (Fsp3) is 0.875. The maximum absolute atomic E-state index is 11.8. The molecule has 5 heteroatoms. The summed E-state index contributed by atoms with van der Waals surface area (Å²) in [5.74, 6) is -0.00682. The van der Waals surface area contributed by atoms with E-state index < -0.39 is 11.7 Å². The first-order valence-electron chi connectivity index (χ1n) is 7.84. The molecule has 0 saturated carbocycles. The van der Waals surface area contributed by atoms with E-state index in [0.29, 0.717) is 6.42 Å². The molecule has 1 N–H and O–H groups in total. The van der Waals surface area contributed by atoms with Gasteiger partial charge in [0.15, 0.2) is 0 Å². The molecular formula is C16H31NO4. The molecule has 0 radical (unpaired) electrons. The van der Waals surface area contributed by atoms with E-state index in [1.54, 1.807) is 0 Å². The standard InChI is InChI=1S/C16H31NO4/c1-7-9-10-14(18)20-11-13(12(3)8-2)17-15(19)21-16(4,5)6/h12-13H,7-11H2,1-6H3,(H,17,19). The molecule has 2 unspecified atom stereocenters. The minimum atomic E-state index is -0.540. The molecule has 0 aromatic heterocycles. The fourth-order valence-corrected chi connectivity index (χ4v) is 1.67. The summed E-state index contributed by atoms with van der Waals surface area (Å²) >= 11 is 0. The van der Waals surface area contributed by atoms with E-state index in [1.165, 1.54) is 0 Å². The first-order valence-corrected chi connectivity index (χ1v) is 7.84. The van der Waals surface area contributed by atoms with E-state index in [2.05, 4.69) is 5.32 Å². The van der Waals surface area contributed by atoms with Crippen LogP contribution in [0.4, 0.5) is 4.79 Å². The molecule has 0 aromatic rings. The average molecular weight is 301 g/mol. The van der Waals surface area contributed by atoms with E-state index in [-0.39, 0.29) is 24.5 Å². The Morgan fingerprint density at radius 3 is 2.29 bits per heavy atom. The van der Waals surface area contributed by atoms with E-state index in [0.717, 1.165) is 19.3 Å². The van der Waals surface area contributed by atoms with Gasteiger partial charge in [-0.1, -0.05) is 33.6 Å². The predicted octanol–water partition coefficient (Wildman–Crippen LogP) is 3.66. The van der Waals surface area contributed by atoms with Crippen molar-refractivity contribution in [2.24, 2.45) is 5.92 Å². The number of amides is 1. The van der Waals surface area contributed by atoms with E-state index in [4.69, 9.17) is 9.47 Å². The summed E-state index contributed by atoms with van der Waals surface area (Å²) < 4.78 is 10.5. The molecule has 2 atom stereocenters. The van der Waals surface area contributed by atoms with Crippen LogP contribution in [0.3, 0.4) is 0 Å². The minimum absolute atomic E-state index is 0.191. The van der Waals surface area contributed by atoms with Gasteiger partial charge in [-0.05, 0) is 33.1 Å². The molecule has 0 rings (SSSR count). The van der Waals surface area contributed by atoms with Crippen LogP contribution in [-0.4, -0.2) is 30.3 Å². The van der Waals surface area contributed by atoms with Gasteiger partial charge in [0, 0.05) is 6.42 Å². The van der Waals surface area contributed by atoms with E-state index in [1.807, 2.05) is 41.5 Å². The van der Waals surface area contributed by atoms with Gasteiger partial charge in [0.1, 0.15) is 12.2 Å². The fourth-order valence-electron chi connectivity index (χ4n) is 1.67. The second-order valence-electron chi connectivity index (χ2n) is 6.42. The largest absolute Gasteiger partial charge is 0.463 e. The molecule has 124 valence electrons. The molecule has 0 spiro atoms. The lowest BCUT2D eigenvalue weighted by Crippen LogP contribution is -2.45. The summed E-state index contributed by atoms with van der Waals surface area (Å²) in [4.78, 5) is 23.4. The number of unbranched alkanes of at least 4 members (excludes halogenated alkanes) is 1. The van der Waals surface area contributed by atoms with Gasteiger partial charge >= 0.3 is 12.1 Å². The molecule has 0 aliphatic carbocycles.